The van der Waals surface area contributed by atoms with Gasteiger partial charge in [0.2, 0.25) is 0 Å². The van der Waals surface area contributed by atoms with Gasteiger partial charge in [-0.1, -0.05) is 24.3 Å². The van der Waals surface area contributed by atoms with Crippen molar-refractivity contribution in [3.05, 3.63) is 24.3 Å². The second-order valence-corrected chi connectivity index (χ2v) is 3.07. The van der Waals surface area contributed by atoms with Crippen LogP contribution in [0.3, 0.4) is 0 Å². The van der Waals surface area contributed by atoms with Gasteiger partial charge in [0, 0.05) is 0 Å². The molecule has 0 amide bonds. The number of rotatable bonds is 0. The van der Waals surface area contributed by atoms with Crippen LogP contribution < -0.4 is 0 Å². The van der Waals surface area contributed by atoms with Crippen molar-refractivity contribution in [2.24, 2.45) is 16.1 Å². The molecule has 0 spiro atoms. The summed E-state index contributed by atoms with van der Waals surface area (Å²) >= 11 is 0. The van der Waals surface area contributed by atoms with Gasteiger partial charge in [-0.3, -0.25) is 0 Å². The Morgan fingerprint density at radius 2 is 2.27 bits per heavy atom. The summed E-state index contributed by atoms with van der Waals surface area (Å²) in [5.41, 5.74) is 0. The van der Waals surface area contributed by atoms with Gasteiger partial charge in [-0.15, -0.1) is 0 Å². The van der Waals surface area contributed by atoms with Gasteiger partial charge in [-0.05, 0) is 18.8 Å². The summed E-state index contributed by atoms with van der Waals surface area (Å²) in [5, 5.41) is 8.26. The second-order valence-electron chi connectivity index (χ2n) is 3.07. The number of allylic oxidation sites excluding steroid dienone is 3. The van der Waals surface area contributed by atoms with Crippen LogP contribution in [-0.4, -0.2) is 12.6 Å². The molecule has 0 aromatic heterocycles. The quantitative estimate of drug-likeness (QED) is 0.503. The maximum absolute atomic E-state index is 4.21. The van der Waals surface area contributed by atoms with Gasteiger partial charge >= 0.3 is 0 Å². The van der Waals surface area contributed by atoms with E-state index in [-0.39, 0.29) is 0 Å². The van der Waals surface area contributed by atoms with Gasteiger partial charge in [0.1, 0.15) is 0 Å². The Balaban J connectivity index is 2.17. The highest BCUT2D eigenvalue weighted by atomic mass is 15.1. The minimum Gasteiger partial charge on any atom is -0.194 e. The average Bonchev–Trinajstić information content (AvgIpc) is 2.28. The molecule has 0 N–H and O–H groups in total. The topological polar surface area (TPSA) is 24.7 Å². The van der Waals surface area contributed by atoms with Crippen LogP contribution in [0.15, 0.2) is 34.5 Å². The van der Waals surface area contributed by atoms with Crippen LogP contribution in [0.2, 0.25) is 0 Å². The van der Waals surface area contributed by atoms with Crippen LogP contribution in [-0.2, 0) is 0 Å². The molecule has 0 radical (unpaired) electrons. The standard InChI is InChI=1S/C9H12N2/c1-2-4-8-6-7-10-11-9(8)5-3-1/h1-3,5,8-9H,4,6-7H2. The fourth-order valence-corrected chi connectivity index (χ4v) is 1.60. The summed E-state index contributed by atoms with van der Waals surface area (Å²) < 4.78 is 0. The Kier molecular flexibility index (Phi) is 1.84. The number of hydrogen-bond acceptors (Lipinski definition) is 2. The van der Waals surface area contributed by atoms with Crippen molar-refractivity contribution in [2.45, 2.75) is 18.9 Å². The molecule has 0 bridgehead atoms. The molecule has 2 aliphatic rings. The molecule has 11 heavy (non-hydrogen) atoms. The third kappa shape index (κ3) is 1.39. The lowest BCUT2D eigenvalue weighted by atomic mass is 9.93. The molecule has 2 rings (SSSR count). The molecule has 0 aromatic carbocycles. The van der Waals surface area contributed by atoms with Crippen molar-refractivity contribution < 1.29 is 0 Å². The first-order chi connectivity index (χ1) is 5.47. The van der Waals surface area contributed by atoms with Crippen molar-refractivity contribution in [1.29, 1.82) is 0 Å². The fourth-order valence-electron chi connectivity index (χ4n) is 1.60. The van der Waals surface area contributed by atoms with Crippen molar-refractivity contribution >= 4 is 0 Å². The van der Waals surface area contributed by atoms with E-state index in [2.05, 4.69) is 34.5 Å². The molecule has 2 heteroatoms. The Morgan fingerprint density at radius 3 is 3.27 bits per heavy atom. The molecular weight excluding hydrogens is 136 g/mol. The molecule has 0 fully saturated rings. The van der Waals surface area contributed by atoms with Crippen molar-refractivity contribution in [2.75, 3.05) is 6.54 Å². The molecule has 0 aromatic rings. The number of nitrogens with zero attached hydrogens (tertiary/aromatic N) is 2. The van der Waals surface area contributed by atoms with Crippen LogP contribution in [0.4, 0.5) is 0 Å². The monoisotopic (exact) mass is 148 g/mol. The second kappa shape index (κ2) is 2.99. The molecule has 1 aliphatic heterocycles. The average molecular weight is 148 g/mol. The summed E-state index contributed by atoms with van der Waals surface area (Å²) in [7, 11) is 0. The van der Waals surface area contributed by atoms with E-state index in [0.29, 0.717) is 12.0 Å². The van der Waals surface area contributed by atoms with Crippen LogP contribution in [0.1, 0.15) is 12.8 Å². The van der Waals surface area contributed by atoms with E-state index in [9.17, 15) is 0 Å². The maximum Gasteiger partial charge on any atom is 0.0923 e. The SMILES string of the molecule is C1=CCC2CCN=NC2C=C1. The largest absolute Gasteiger partial charge is 0.194 e. The first kappa shape index (κ1) is 6.77. The van der Waals surface area contributed by atoms with E-state index in [0.717, 1.165) is 13.0 Å². The van der Waals surface area contributed by atoms with E-state index in [1.165, 1.54) is 6.42 Å². The molecule has 1 aliphatic carbocycles. The van der Waals surface area contributed by atoms with Gasteiger partial charge in [0.25, 0.3) is 0 Å². The zero-order valence-corrected chi connectivity index (χ0v) is 6.48. The minimum absolute atomic E-state index is 0.360. The third-order valence-electron chi connectivity index (χ3n) is 2.29. The lowest BCUT2D eigenvalue weighted by molar-refractivity contribution is 0.403. The zero-order chi connectivity index (χ0) is 7.52. The van der Waals surface area contributed by atoms with E-state index in [1.54, 1.807) is 0 Å². The van der Waals surface area contributed by atoms with Gasteiger partial charge in [-0.2, -0.15) is 10.2 Å². The molecule has 2 unspecified atom stereocenters. The lowest BCUT2D eigenvalue weighted by Gasteiger charge is -2.20. The van der Waals surface area contributed by atoms with E-state index in [1.807, 2.05) is 0 Å². The lowest BCUT2D eigenvalue weighted by Crippen LogP contribution is -2.19. The normalized spacial score (nSPS) is 34.9. The fraction of sp³-hybridized carbons (Fsp3) is 0.556. The van der Waals surface area contributed by atoms with Crippen LogP contribution in [0.25, 0.3) is 0 Å². The zero-order valence-electron chi connectivity index (χ0n) is 6.48. The van der Waals surface area contributed by atoms with E-state index < -0.39 is 0 Å². The Bertz CT molecular complexity index is 216. The highest BCUT2D eigenvalue weighted by molar-refractivity contribution is 5.12. The number of azo groups is 1. The molecule has 58 valence electrons. The highest BCUT2D eigenvalue weighted by Crippen LogP contribution is 2.24. The first-order valence-corrected chi connectivity index (χ1v) is 4.17. The van der Waals surface area contributed by atoms with Crippen LogP contribution in [0, 0.1) is 5.92 Å². The molecule has 2 nitrogen and oxygen atoms in total. The van der Waals surface area contributed by atoms with Crippen molar-refractivity contribution in [3.63, 3.8) is 0 Å². The smallest absolute Gasteiger partial charge is 0.0923 e. The number of fused-ring (bicyclic) bond motifs is 1. The van der Waals surface area contributed by atoms with E-state index >= 15 is 0 Å². The molecule has 2 atom stereocenters. The van der Waals surface area contributed by atoms with Crippen LogP contribution in [0.5, 0.6) is 0 Å². The molecule has 1 heterocycles. The predicted octanol–water partition coefficient (Wildman–Crippen LogP) is 2.34. The first-order valence-electron chi connectivity index (χ1n) is 4.17. The van der Waals surface area contributed by atoms with E-state index in [4.69, 9.17) is 0 Å². The third-order valence-corrected chi connectivity index (χ3v) is 2.29. The van der Waals surface area contributed by atoms with Gasteiger partial charge < -0.3 is 0 Å². The van der Waals surface area contributed by atoms with Gasteiger partial charge in [0.05, 0.1) is 12.6 Å². The minimum atomic E-state index is 0.360. The Hall–Kier alpha value is -0.920. The maximum atomic E-state index is 4.21. The van der Waals surface area contributed by atoms with Crippen molar-refractivity contribution in [3.8, 4) is 0 Å². The Morgan fingerprint density at radius 1 is 1.27 bits per heavy atom. The summed E-state index contributed by atoms with van der Waals surface area (Å²) in [4.78, 5) is 0. The van der Waals surface area contributed by atoms with Crippen molar-refractivity contribution in [1.82, 2.24) is 0 Å². The Labute approximate surface area is 66.7 Å². The summed E-state index contributed by atoms with van der Waals surface area (Å²) in [6, 6.07) is 0.360. The van der Waals surface area contributed by atoms with Gasteiger partial charge in [0.15, 0.2) is 0 Å². The summed E-state index contributed by atoms with van der Waals surface area (Å²) in [5.74, 6) is 0.711. The molecular formula is C9H12N2. The van der Waals surface area contributed by atoms with Gasteiger partial charge in [-0.25, -0.2) is 0 Å². The summed E-state index contributed by atoms with van der Waals surface area (Å²) in [6.07, 6.45) is 10.9. The van der Waals surface area contributed by atoms with Crippen LogP contribution >= 0.6 is 0 Å². The molecule has 0 saturated heterocycles. The highest BCUT2D eigenvalue weighted by Gasteiger charge is 2.20. The molecule has 0 saturated carbocycles. The number of hydrogen-bond donors (Lipinski definition) is 0. The summed E-state index contributed by atoms with van der Waals surface area (Å²) in [6.45, 7) is 0.919. The predicted molar refractivity (Wildman–Crippen MR) is 44.5 cm³/mol.